The largest absolute Gasteiger partial charge is 0.508 e. The van der Waals surface area contributed by atoms with Crippen molar-refractivity contribution in [1.82, 2.24) is 0 Å². The highest BCUT2D eigenvalue weighted by atomic mass is 16.5. The lowest BCUT2D eigenvalue weighted by Crippen LogP contribution is -2.08. The second kappa shape index (κ2) is 6.63. The third-order valence-corrected chi connectivity index (χ3v) is 4.36. The first-order chi connectivity index (χ1) is 11.9. The van der Waals surface area contributed by atoms with Crippen LogP contribution in [0.4, 0.5) is 0 Å². The Labute approximate surface area is 146 Å². The van der Waals surface area contributed by atoms with Crippen LogP contribution in [0.15, 0.2) is 45.6 Å². The summed E-state index contributed by atoms with van der Waals surface area (Å²) in [6, 6.07) is 10.9. The molecule has 130 valence electrons. The molecule has 0 radical (unpaired) electrons. The molecule has 0 saturated carbocycles. The van der Waals surface area contributed by atoms with E-state index in [4.69, 9.17) is 9.15 Å². The molecule has 0 aliphatic carbocycles. The molecular formula is C21H22O4. The molecule has 3 aromatic rings. The first-order valence-corrected chi connectivity index (χ1v) is 8.47. The Balaban J connectivity index is 2.06. The SMILES string of the molecule is CCc1cc2c(=O)c(Oc3ccc(C(C)C)cc3)c(C)oc2cc1O. The van der Waals surface area contributed by atoms with Crippen LogP contribution in [0, 0.1) is 6.92 Å². The van der Waals surface area contributed by atoms with Gasteiger partial charge >= 0.3 is 0 Å². The van der Waals surface area contributed by atoms with Crippen LogP contribution in [0.2, 0.25) is 0 Å². The summed E-state index contributed by atoms with van der Waals surface area (Å²) in [5.74, 6) is 1.72. The Morgan fingerprint density at radius 2 is 1.84 bits per heavy atom. The zero-order valence-electron chi connectivity index (χ0n) is 14.9. The van der Waals surface area contributed by atoms with Gasteiger partial charge in [0.15, 0.2) is 0 Å². The van der Waals surface area contributed by atoms with Gasteiger partial charge in [0, 0.05) is 6.07 Å². The number of ether oxygens (including phenoxy) is 1. The topological polar surface area (TPSA) is 59.7 Å². The highest BCUT2D eigenvalue weighted by molar-refractivity contribution is 5.81. The van der Waals surface area contributed by atoms with Crippen LogP contribution < -0.4 is 10.2 Å². The van der Waals surface area contributed by atoms with Crippen molar-refractivity contribution < 1.29 is 14.3 Å². The van der Waals surface area contributed by atoms with Crippen molar-refractivity contribution >= 4 is 11.0 Å². The van der Waals surface area contributed by atoms with Crippen molar-refractivity contribution in [3.05, 3.63) is 63.5 Å². The van der Waals surface area contributed by atoms with Gasteiger partial charge < -0.3 is 14.3 Å². The quantitative estimate of drug-likeness (QED) is 0.702. The Kier molecular flexibility index (Phi) is 4.53. The maximum absolute atomic E-state index is 12.8. The third kappa shape index (κ3) is 3.25. The van der Waals surface area contributed by atoms with Gasteiger partial charge in [-0.15, -0.1) is 0 Å². The van der Waals surface area contributed by atoms with Gasteiger partial charge in [-0.1, -0.05) is 32.9 Å². The van der Waals surface area contributed by atoms with Gasteiger partial charge in [0.2, 0.25) is 11.2 Å². The van der Waals surface area contributed by atoms with Crippen molar-refractivity contribution in [3.8, 4) is 17.2 Å². The van der Waals surface area contributed by atoms with E-state index in [0.717, 1.165) is 0 Å². The van der Waals surface area contributed by atoms with Crippen molar-refractivity contribution in [1.29, 1.82) is 0 Å². The summed E-state index contributed by atoms with van der Waals surface area (Å²) < 4.78 is 11.5. The van der Waals surface area contributed by atoms with E-state index in [1.165, 1.54) is 11.6 Å². The highest BCUT2D eigenvalue weighted by Gasteiger charge is 2.16. The van der Waals surface area contributed by atoms with Gasteiger partial charge in [-0.3, -0.25) is 4.79 Å². The van der Waals surface area contributed by atoms with E-state index in [-0.39, 0.29) is 16.9 Å². The van der Waals surface area contributed by atoms with Gasteiger partial charge in [-0.25, -0.2) is 0 Å². The maximum Gasteiger partial charge on any atom is 0.235 e. The normalized spacial score (nSPS) is 11.2. The van der Waals surface area contributed by atoms with Crippen LogP contribution in [0.3, 0.4) is 0 Å². The number of rotatable bonds is 4. The molecule has 1 aromatic heterocycles. The Hall–Kier alpha value is -2.75. The van der Waals surface area contributed by atoms with Crippen LogP contribution in [-0.2, 0) is 6.42 Å². The van der Waals surface area contributed by atoms with Crippen LogP contribution in [-0.4, -0.2) is 5.11 Å². The summed E-state index contributed by atoms with van der Waals surface area (Å²) >= 11 is 0. The van der Waals surface area contributed by atoms with E-state index in [9.17, 15) is 9.90 Å². The number of phenols is 1. The van der Waals surface area contributed by atoms with Crippen LogP contribution in [0.5, 0.6) is 17.2 Å². The Bertz CT molecular complexity index is 966. The molecule has 1 heterocycles. The standard InChI is InChI=1S/C21H22O4/c1-5-14-10-17-19(11-18(14)22)24-13(4)21(20(17)23)25-16-8-6-15(7-9-16)12(2)3/h6-12,22H,5H2,1-4H3. The van der Waals surface area contributed by atoms with Crippen molar-refractivity contribution in [2.75, 3.05) is 0 Å². The summed E-state index contributed by atoms with van der Waals surface area (Å²) in [5.41, 5.74) is 2.04. The average molecular weight is 338 g/mol. The van der Waals surface area contributed by atoms with Crippen LogP contribution in [0.1, 0.15) is 43.6 Å². The van der Waals surface area contributed by atoms with Gasteiger partial charge in [0.05, 0.1) is 5.39 Å². The van der Waals surface area contributed by atoms with Crippen molar-refractivity contribution in [3.63, 3.8) is 0 Å². The average Bonchev–Trinajstić information content (AvgIpc) is 2.58. The summed E-state index contributed by atoms with van der Waals surface area (Å²) in [7, 11) is 0. The molecule has 0 aliphatic heterocycles. The lowest BCUT2D eigenvalue weighted by Gasteiger charge is -2.11. The van der Waals surface area contributed by atoms with E-state index in [1.54, 1.807) is 13.0 Å². The fourth-order valence-electron chi connectivity index (χ4n) is 2.81. The lowest BCUT2D eigenvalue weighted by molar-refractivity contribution is 0.434. The molecule has 0 atom stereocenters. The highest BCUT2D eigenvalue weighted by Crippen LogP contribution is 2.29. The van der Waals surface area contributed by atoms with Gasteiger partial charge in [-0.05, 0) is 48.6 Å². The van der Waals surface area contributed by atoms with E-state index < -0.39 is 0 Å². The molecular weight excluding hydrogens is 316 g/mol. The second-order valence-corrected chi connectivity index (χ2v) is 6.47. The molecule has 2 aromatic carbocycles. The Morgan fingerprint density at radius 3 is 2.44 bits per heavy atom. The lowest BCUT2D eigenvalue weighted by atomic mass is 10.0. The maximum atomic E-state index is 12.8. The summed E-state index contributed by atoms with van der Waals surface area (Å²) in [6.07, 6.45) is 0.627. The summed E-state index contributed by atoms with van der Waals surface area (Å²) in [6.45, 7) is 7.85. The molecule has 0 bridgehead atoms. The first-order valence-electron chi connectivity index (χ1n) is 8.47. The van der Waals surface area contributed by atoms with E-state index in [1.807, 2.05) is 31.2 Å². The number of benzene rings is 2. The first kappa shape index (κ1) is 17.1. The molecule has 0 saturated heterocycles. The van der Waals surface area contributed by atoms with Crippen LogP contribution >= 0.6 is 0 Å². The number of aryl methyl sites for hydroxylation is 2. The fourth-order valence-corrected chi connectivity index (χ4v) is 2.81. The summed E-state index contributed by atoms with van der Waals surface area (Å²) in [4.78, 5) is 12.8. The van der Waals surface area contributed by atoms with E-state index in [2.05, 4.69) is 13.8 Å². The number of fused-ring (bicyclic) bond motifs is 1. The minimum absolute atomic E-state index is 0.135. The molecule has 3 rings (SSSR count). The third-order valence-electron chi connectivity index (χ3n) is 4.36. The van der Waals surface area contributed by atoms with Gasteiger partial charge in [0.1, 0.15) is 22.8 Å². The molecule has 0 unspecified atom stereocenters. The molecule has 0 aliphatic rings. The smallest absolute Gasteiger partial charge is 0.235 e. The van der Waals surface area contributed by atoms with Crippen molar-refractivity contribution in [2.24, 2.45) is 0 Å². The molecule has 0 amide bonds. The van der Waals surface area contributed by atoms with E-state index >= 15 is 0 Å². The van der Waals surface area contributed by atoms with Crippen molar-refractivity contribution in [2.45, 2.75) is 40.0 Å². The predicted molar refractivity (Wildman–Crippen MR) is 98.9 cm³/mol. The molecule has 0 fully saturated rings. The molecule has 1 N–H and O–H groups in total. The summed E-state index contributed by atoms with van der Waals surface area (Å²) in [5, 5.41) is 10.4. The Morgan fingerprint density at radius 1 is 1.16 bits per heavy atom. The number of phenolic OH excluding ortho intramolecular Hbond substituents is 1. The zero-order valence-corrected chi connectivity index (χ0v) is 14.9. The van der Waals surface area contributed by atoms with Gasteiger partial charge in [-0.2, -0.15) is 0 Å². The van der Waals surface area contributed by atoms with E-state index in [0.29, 0.717) is 40.4 Å². The minimum Gasteiger partial charge on any atom is -0.508 e. The fraction of sp³-hybridized carbons (Fsp3) is 0.286. The number of hydrogen-bond donors (Lipinski definition) is 1. The van der Waals surface area contributed by atoms with Gasteiger partial charge in [0.25, 0.3) is 0 Å². The minimum atomic E-state index is -0.235. The predicted octanol–water partition coefficient (Wildman–Crippen LogP) is 5.29. The zero-order chi connectivity index (χ0) is 18.1. The molecule has 0 spiro atoms. The molecule has 4 heteroatoms. The second-order valence-electron chi connectivity index (χ2n) is 6.47. The number of hydrogen-bond acceptors (Lipinski definition) is 4. The number of aromatic hydroxyl groups is 1. The molecule has 4 nitrogen and oxygen atoms in total. The van der Waals surface area contributed by atoms with Crippen LogP contribution in [0.25, 0.3) is 11.0 Å². The molecule has 25 heavy (non-hydrogen) atoms. The monoisotopic (exact) mass is 338 g/mol.